The Morgan fingerprint density at radius 1 is 1.35 bits per heavy atom. The lowest BCUT2D eigenvalue weighted by Gasteiger charge is -2.08. The SMILES string of the molecule is Cc1ccc(N)c(S(=O)Cc2cccc(C#N)c2F)c1. The summed E-state index contributed by atoms with van der Waals surface area (Å²) in [5.41, 5.74) is 7.37. The van der Waals surface area contributed by atoms with Crippen molar-refractivity contribution < 1.29 is 8.60 Å². The van der Waals surface area contributed by atoms with Crippen molar-refractivity contribution in [1.82, 2.24) is 0 Å². The van der Waals surface area contributed by atoms with E-state index in [9.17, 15) is 8.60 Å². The number of benzene rings is 2. The molecule has 0 heterocycles. The standard InChI is InChI=1S/C15H13FN2OS/c1-10-5-6-13(18)14(7-10)20(19)9-12-4-2-3-11(8-17)15(12)16/h2-7H,9,18H2,1H3. The van der Waals surface area contributed by atoms with Gasteiger partial charge in [-0.2, -0.15) is 5.26 Å². The summed E-state index contributed by atoms with van der Waals surface area (Å²) in [4.78, 5) is 0.492. The molecule has 0 bridgehead atoms. The van der Waals surface area contributed by atoms with Gasteiger partial charge in [0.05, 0.1) is 27.0 Å². The predicted octanol–water partition coefficient (Wildman–Crippen LogP) is 2.90. The number of nitriles is 1. The van der Waals surface area contributed by atoms with E-state index < -0.39 is 16.6 Å². The Balaban J connectivity index is 2.33. The third-order valence-electron chi connectivity index (χ3n) is 2.90. The maximum atomic E-state index is 13.9. The van der Waals surface area contributed by atoms with E-state index in [4.69, 9.17) is 11.0 Å². The van der Waals surface area contributed by atoms with Gasteiger partial charge >= 0.3 is 0 Å². The van der Waals surface area contributed by atoms with Gasteiger partial charge in [-0.25, -0.2) is 4.39 Å². The van der Waals surface area contributed by atoms with Crippen LogP contribution >= 0.6 is 0 Å². The molecule has 2 N–H and O–H groups in total. The highest BCUT2D eigenvalue weighted by Crippen LogP contribution is 2.22. The summed E-state index contributed by atoms with van der Waals surface area (Å²) in [6.07, 6.45) is 0. The number of nitrogens with zero attached hydrogens (tertiary/aromatic N) is 1. The van der Waals surface area contributed by atoms with Gasteiger partial charge < -0.3 is 5.73 Å². The smallest absolute Gasteiger partial charge is 0.145 e. The molecule has 0 aromatic heterocycles. The van der Waals surface area contributed by atoms with Gasteiger partial charge in [0.2, 0.25) is 0 Å². The van der Waals surface area contributed by atoms with Gasteiger partial charge in [0.1, 0.15) is 11.9 Å². The van der Waals surface area contributed by atoms with E-state index in [1.54, 1.807) is 24.3 Å². The lowest BCUT2D eigenvalue weighted by atomic mass is 10.1. The van der Waals surface area contributed by atoms with Crippen LogP contribution in [0.2, 0.25) is 0 Å². The fourth-order valence-electron chi connectivity index (χ4n) is 1.84. The summed E-state index contributed by atoms with van der Waals surface area (Å²) in [5.74, 6) is -0.621. The Hall–Kier alpha value is -2.19. The van der Waals surface area contributed by atoms with Crippen LogP contribution in [0.5, 0.6) is 0 Å². The van der Waals surface area contributed by atoms with Gasteiger partial charge in [-0.15, -0.1) is 0 Å². The molecular formula is C15H13FN2OS. The topological polar surface area (TPSA) is 66.9 Å². The number of nitrogens with two attached hydrogens (primary N) is 1. The Labute approximate surface area is 119 Å². The maximum absolute atomic E-state index is 13.9. The van der Waals surface area contributed by atoms with Gasteiger partial charge in [-0.05, 0) is 30.7 Å². The molecule has 0 amide bonds. The zero-order valence-electron chi connectivity index (χ0n) is 10.9. The van der Waals surface area contributed by atoms with Crippen LogP contribution in [-0.4, -0.2) is 4.21 Å². The van der Waals surface area contributed by atoms with Crippen LogP contribution in [0.3, 0.4) is 0 Å². The zero-order chi connectivity index (χ0) is 14.7. The van der Waals surface area contributed by atoms with Crippen LogP contribution in [0.25, 0.3) is 0 Å². The summed E-state index contributed by atoms with van der Waals surface area (Å²) in [6, 6.07) is 11.5. The number of rotatable bonds is 3. The lowest BCUT2D eigenvalue weighted by Crippen LogP contribution is -2.03. The first-order valence-corrected chi connectivity index (χ1v) is 7.27. The van der Waals surface area contributed by atoms with Crippen LogP contribution in [0.4, 0.5) is 10.1 Å². The van der Waals surface area contributed by atoms with Crippen molar-refractivity contribution in [2.75, 3.05) is 5.73 Å². The fourth-order valence-corrected chi connectivity index (χ4v) is 3.14. The van der Waals surface area contributed by atoms with E-state index in [2.05, 4.69) is 0 Å². The Kier molecular flexibility index (Phi) is 4.16. The molecule has 0 spiro atoms. The molecule has 2 aromatic carbocycles. The number of nitrogen functional groups attached to an aromatic ring is 1. The Bertz CT molecular complexity index is 722. The van der Waals surface area contributed by atoms with Crippen molar-refractivity contribution >= 4 is 16.5 Å². The number of anilines is 1. The molecule has 0 fully saturated rings. The molecule has 0 aliphatic rings. The van der Waals surface area contributed by atoms with Crippen molar-refractivity contribution in [3.05, 3.63) is 58.9 Å². The molecule has 2 rings (SSSR count). The zero-order valence-corrected chi connectivity index (χ0v) is 11.7. The minimum atomic E-state index is -1.45. The average molecular weight is 288 g/mol. The van der Waals surface area contributed by atoms with Gasteiger partial charge in [0.15, 0.2) is 0 Å². The molecule has 0 radical (unpaired) electrons. The lowest BCUT2D eigenvalue weighted by molar-refractivity contribution is 0.611. The van der Waals surface area contributed by atoms with Crippen molar-refractivity contribution in [3.63, 3.8) is 0 Å². The number of aryl methyl sites for hydroxylation is 1. The first-order chi connectivity index (χ1) is 9.52. The molecule has 1 unspecified atom stereocenters. The normalized spacial score (nSPS) is 11.8. The van der Waals surface area contributed by atoms with Crippen molar-refractivity contribution in [3.8, 4) is 6.07 Å². The van der Waals surface area contributed by atoms with Gasteiger partial charge in [0.25, 0.3) is 0 Å². The summed E-state index contributed by atoms with van der Waals surface area (Å²) >= 11 is 0. The number of halogens is 1. The maximum Gasteiger partial charge on any atom is 0.145 e. The molecule has 102 valence electrons. The summed E-state index contributed by atoms with van der Waals surface area (Å²) in [6.45, 7) is 1.87. The van der Waals surface area contributed by atoms with Crippen LogP contribution in [0.15, 0.2) is 41.3 Å². The predicted molar refractivity (Wildman–Crippen MR) is 76.8 cm³/mol. The number of hydrogen-bond donors (Lipinski definition) is 1. The molecule has 0 saturated heterocycles. The average Bonchev–Trinajstić information content (AvgIpc) is 2.43. The third-order valence-corrected chi connectivity index (χ3v) is 4.32. The van der Waals surface area contributed by atoms with E-state index in [1.165, 1.54) is 12.1 Å². The molecule has 3 nitrogen and oxygen atoms in total. The van der Waals surface area contributed by atoms with Crippen LogP contribution in [-0.2, 0) is 16.6 Å². The molecule has 20 heavy (non-hydrogen) atoms. The Morgan fingerprint density at radius 3 is 2.80 bits per heavy atom. The van der Waals surface area contributed by atoms with E-state index in [-0.39, 0.29) is 16.9 Å². The van der Waals surface area contributed by atoms with Crippen molar-refractivity contribution in [2.45, 2.75) is 17.6 Å². The summed E-state index contributed by atoms with van der Waals surface area (Å²) in [7, 11) is -1.45. The second-order valence-electron chi connectivity index (χ2n) is 4.42. The van der Waals surface area contributed by atoms with E-state index in [0.29, 0.717) is 10.6 Å². The van der Waals surface area contributed by atoms with Crippen molar-refractivity contribution in [2.24, 2.45) is 0 Å². The van der Waals surface area contributed by atoms with Crippen LogP contribution in [0, 0.1) is 24.1 Å². The monoisotopic (exact) mass is 288 g/mol. The van der Waals surface area contributed by atoms with E-state index in [0.717, 1.165) is 5.56 Å². The molecule has 0 aliphatic heterocycles. The highest BCUT2D eigenvalue weighted by molar-refractivity contribution is 7.84. The van der Waals surface area contributed by atoms with Crippen LogP contribution < -0.4 is 5.73 Å². The minimum Gasteiger partial charge on any atom is -0.398 e. The molecule has 0 aliphatic carbocycles. The van der Waals surface area contributed by atoms with Gasteiger partial charge in [-0.1, -0.05) is 18.2 Å². The second-order valence-corrected chi connectivity index (χ2v) is 5.84. The molecule has 5 heteroatoms. The second kappa shape index (κ2) is 5.85. The first kappa shape index (κ1) is 14.2. The molecule has 1 atom stereocenters. The summed E-state index contributed by atoms with van der Waals surface area (Å²) in [5, 5.41) is 8.79. The van der Waals surface area contributed by atoms with Crippen LogP contribution in [0.1, 0.15) is 16.7 Å². The molecule has 0 saturated carbocycles. The van der Waals surface area contributed by atoms with Crippen molar-refractivity contribution in [1.29, 1.82) is 5.26 Å². The minimum absolute atomic E-state index is 0.00495. The fraction of sp³-hybridized carbons (Fsp3) is 0.133. The quantitative estimate of drug-likeness (QED) is 0.883. The largest absolute Gasteiger partial charge is 0.398 e. The molecule has 2 aromatic rings. The van der Waals surface area contributed by atoms with Gasteiger partial charge in [0, 0.05) is 11.3 Å². The third kappa shape index (κ3) is 2.86. The summed E-state index contributed by atoms with van der Waals surface area (Å²) < 4.78 is 26.3. The number of hydrogen-bond acceptors (Lipinski definition) is 3. The van der Waals surface area contributed by atoms with E-state index >= 15 is 0 Å². The van der Waals surface area contributed by atoms with Gasteiger partial charge in [-0.3, -0.25) is 4.21 Å². The molecular weight excluding hydrogens is 275 g/mol. The highest BCUT2D eigenvalue weighted by Gasteiger charge is 2.14. The first-order valence-electron chi connectivity index (χ1n) is 5.95. The van der Waals surface area contributed by atoms with E-state index in [1.807, 2.05) is 13.0 Å². The highest BCUT2D eigenvalue weighted by atomic mass is 32.2. The Morgan fingerprint density at radius 2 is 2.10 bits per heavy atom.